The van der Waals surface area contributed by atoms with Crippen LogP contribution in [0.15, 0.2) is 53.3 Å². The minimum atomic E-state index is -0.298. The van der Waals surface area contributed by atoms with E-state index in [0.717, 1.165) is 13.1 Å². The predicted molar refractivity (Wildman–Crippen MR) is 119 cm³/mol. The maximum atomic E-state index is 13.3. The van der Waals surface area contributed by atoms with Crippen molar-refractivity contribution in [3.8, 4) is 0 Å². The number of carbonyl (C=O) groups is 2. The largest absolute Gasteiger partial charge is 0.379 e. The molecule has 0 unspecified atom stereocenters. The third-order valence-electron chi connectivity index (χ3n) is 6.12. The highest BCUT2D eigenvalue weighted by molar-refractivity contribution is 6.21. The minimum Gasteiger partial charge on any atom is -0.379 e. The van der Waals surface area contributed by atoms with E-state index in [2.05, 4.69) is 4.90 Å². The highest BCUT2D eigenvalue weighted by Gasteiger charge is 2.34. The van der Waals surface area contributed by atoms with Crippen molar-refractivity contribution in [3.05, 3.63) is 75.8 Å². The van der Waals surface area contributed by atoms with Gasteiger partial charge in [0.1, 0.15) is 5.82 Å². The van der Waals surface area contributed by atoms with Gasteiger partial charge in [-0.15, -0.1) is 0 Å². The van der Waals surface area contributed by atoms with E-state index in [9.17, 15) is 14.4 Å². The third-order valence-corrected chi connectivity index (χ3v) is 6.12. The molecule has 3 heterocycles. The average Bonchev–Trinajstić information content (AvgIpc) is 3.07. The van der Waals surface area contributed by atoms with Crippen LogP contribution in [0.1, 0.15) is 26.5 Å². The molecule has 2 aliphatic rings. The van der Waals surface area contributed by atoms with Crippen LogP contribution in [0.3, 0.4) is 0 Å². The van der Waals surface area contributed by atoms with E-state index in [-0.39, 0.29) is 23.9 Å². The second kappa shape index (κ2) is 8.64. The summed E-state index contributed by atoms with van der Waals surface area (Å²) < 4.78 is 7.10. The van der Waals surface area contributed by atoms with Gasteiger partial charge in [0.2, 0.25) is 0 Å². The molecule has 0 N–H and O–H groups in total. The van der Waals surface area contributed by atoms with Crippen LogP contribution < -0.4 is 5.56 Å². The first-order chi connectivity index (χ1) is 15.6. The molecule has 1 fully saturated rings. The van der Waals surface area contributed by atoms with E-state index in [1.807, 2.05) is 18.2 Å². The van der Waals surface area contributed by atoms with Crippen molar-refractivity contribution in [2.75, 3.05) is 39.4 Å². The number of imide groups is 1. The van der Waals surface area contributed by atoms with Crippen molar-refractivity contribution >= 4 is 22.7 Å². The molecule has 32 heavy (non-hydrogen) atoms. The van der Waals surface area contributed by atoms with Crippen molar-refractivity contribution in [2.24, 2.45) is 0 Å². The van der Waals surface area contributed by atoms with Gasteiger partial charge in [0.25, 0.3) is 17.4 Å². The van der Waals surface area contributed by atoms with E-state index in [1.165, 1.54) is 4.90 Å². The number of aromatic nitrogens is 2. The number of hydrogen-bond acceptors (Lipinski definition) is 6. The maximum absolute atomic E-state index is 13.3. The van der Waals surface area contributed by atoms with Gasteiger partial charge < -0.3 is 4.74 Å². The number of rotatable bonds is 6. The van der Waals surface area contributed by atoms with Gasteiger partial charge in [-0.3, -0.25) is 28.8 Å². The number of amides is 2. The maximum Gasteiger partial charge on any atom is 0.261 e. The van der Waals surface area contributed by atoms with Crippen molar-refractivity contribution in [1.82, 2.24) is 19.4 Å². The molecule has 2 aliphatic heterocycles. The van der Waals surface area contributed by atoms with Crippen LogP contribution in [0.4, 0.5) is 0 Å². The summed E-state index contributed by atoms with van der Waals surface area (Å²) in [7, 11) is 0. The number of ether oxygens (including phenoxy) is 1. The second-order valence-corrected chi connectivity index (χ2v) is 8.01. The summed E-state index contributed by atoms with van der Waals surface area (Å²) in [5, 5.41) is 0.568. The number of benzene rings is 2. The Balaban J connectivity index is 1.41. The van der Waals surface area contributed by atoms with Crippen molar-refractivity contribution in [3.63, 3.8) is 0 Å². The smallest absolute Gasteiger partial charge is 0.261 e. The Labute approximate surface area is 185 Å². The monoisotopic (exact) mass is 432 g/mol. The molecular formula is C24H24N4O4. The zero-order chi connectivity index (χ0) is 22.1. The minimum absolute atomic E-state index is 0.0961. The van der Waals surface area contributed by atoms with Crippen LogP contribution in [0.25, 0.3) is 10.9 Å². The number of nitrogens with zero attached hydrogens (tertiary/aromatic N) is 4. The van der Waals surface area contributed by atoms with E-state index in [0.29, 0.717) is 60.6 Å². The van der Waals surface area contributed by atoms with Gasteiger partial charge in [0, 0.05) is 39.1 Å². The first-order valence-electron chi connectivity index (χ1n) is 10.9. The molecule has 1 saturated heterocycles. The summed E-state index contributed by atoms with van der Waals surface area (Å²) >= 11 is 0. The number of carbonyl (C=O) groups excluding carboxylic acids is 2. The summed E-state index contributed by atoms with van der Waals surface area (Å²) in [6, 6.07) is 14.1. The van der Waals surface area contributed by atoms with Gasteiger partial charge in [-0.25, -0.2) is 4.98 Å². The lowest BCUT2D eigenvalue weighted by molar-refractivity contribution is 0.0361. The summed E-state index contributed by atoms with van der Waals surface area (Å²) in [6.07, 6.45) is 0.314. The molecule has 2 aromatic carbocycles. The third kappa shape index (κ3) is 3.72. The van der Waals surface area contributed by atoms with Crippen LogP contribution in [0.5, 0.6) is 0 Å². The van der Waals surface area contributed by atoms with Gasteiger partial charge in [-0.1, -0.05) is 24.3 Å². The Kier molecular flexibility index (Phi) is 5.55. The Morgan fingerprint density at radius 3 is 2.19 bits per heavy atom. The van der Waals surface area contributed by atoms with Crippen molar-refractivity contribution in [2.45, 2.75) is 13.0 Å². The molecule has 0 bridgehead atoms. The van der Waals surface area contributed by atoms with E-state index >= 15 is 0 Å². The van der Waals surface area contributed by atoms with Crippen LogP contribution in [-0.2, 0) is 17.7 Å². The molecular weight excluding hydrogens is 408 g/mol. The normalized spacial score (nSPS) is 16.7. The Morgan fingerprint density at radius 2 is 1.47 bits per heavy atom. The van der Waals surface area contributed by atoms with E-state index in [4.69, 9.17) is 9.72 Å². The lowest BCUT2D eigenvalue weighted by Gasteiger charge is -2.27. The molecule has 0 saturated carbocycles. The molecule has 0 aliphatic carbocycles. The Morgan fingerprint density at radius 1 is 0.812 bits per heavy atom. The summed E-state index contributed by atoms with van der Waals surface area (Å²) in [5.74, 6) is -0.0132. The standard InChI is InChI=1S/C24H24N4O4/c29-22-17-5-1-2-6-18(17)23(30)28(22)10-9-21-25-20-8-4-3-7-19(20)24(31)27(21)12-11-26-13-15-32-16-14-26/h1-8H,9-16H2. The molecule has 5 rings (SSSR count). The number of para-hydroxylation sites is 1. The second-order valence-electron chi connectivity index (χ2n) is 8.01. The molecule has 1 aromatic heterocycles. The highest BCUT2D eigenvalue weighted by atomic mass is 16.5. The average molecular weight is 432 g/mol. The number of fused-ring (bicyclic) bond motifs is 2. The number of hydrogen-bond donors (Lipinski definition) is 0. The number of morpholine rings is 1. The predicted octanol–water partition coefficient (Wildman–Crippen LogP) is 1.57. The van der Waals surface area contributed by atoms with Gasteiger partial charge in [-0.2, -0.15) is 0 Å². The summed E-state index contributed by atoms with van der Waals surface area (Å²) in [4.78, 5) is 46.9. The molecule has 8 heteroatoms. The molecule has 0 radical (unpaired) electrons. The van der Waals surface area contributed by atoms with Gasteiger partial charge in [-0.05, 0) is 24.3 Å². The van der Waals surface area contributed by atoms with Crippen molar-refractivity contribution in [1.29, 1.82) is 0 Å². The molecule has 0 spiro atoms. The SMILES string of the molecule is O=C1c2ccccc2C(=O)N1CCc1nc2ccccc2c(=O)n1CCN1CCOCC1. The van der Waals surface area contributed by atoms with Gasteiger partial charge >= 0.3 is 0 Å². The van der Waals surface area contributed by atoms with Gasteiger partial charge in [0.15, 0.2) is 0 Å². The molecule has 2 amide bonds. The summed E-state index contributed by atoms with van der Waals surface area (Å²) in [5.41, 5.74) is 1.38. The summed E-state index contributed by atoms with van der Waals surface area (Å²) in [6.45, 7) is 4.43. The molecule has 0 atom stereocenters. The Hall–Kier alpha value is -3.36. The highest BCUT2D eigenvalue weighted by Crippen LogP contribution is 2.22. The van der Waals surface area contributed by atoms with Crippen LogP contribution in [-0.4, -0.2) is 70.6 Å². The Bertz CT molecular complexity index is 1210. The van der Waals surface area contributed by atoms with Crippen LogP contribution in [0.2, 0.25) is 0 Å². The van der Waals surface area contributed by atoms with E-state index < -0.39 is 0 Å². The fourth-order valence-electron chi connectivity index (χ4n) is 4.36. The molecule has 8 nitrogen and oxygen atoms in total. The molecule has 164 valence electrons. The zero-order valence-corrected chi connectivity index (χ0v) is 17.7. The molecule has 3 aromatic rings. The van der Waals surface area contributed by atoms with Crippen molar-refractivity contribution < 1.29 is 14.3 Å². The lowest BCUT2D eigenvalue weighted by Crippen LogP contribution is -2.40. The fraction of sp³-hybridized carbons (Fsp3) is 0.333. The van der Waals surface area contributed by atoms with Crippen LogP contribution in [0, 0.1) is 0 Å². The quantitative estimate of drug-likeness (QED) is 0.550. The topological polar surface area (TPSA) is 84.7 Å². The first-order valence-corrected chi connectivity index (χ1v) is 10.9. The lowest BCUT2D eigenvalue weighted by atomic mass is 10.1. The zero-order valence-electron chi connectivity index (χ0n) is 17.7. The first kappa shape index (κ1) is 20.5. The fourth-order valence-corrected chi connectivity index (χ4v) is 4.36. The van der Waals surface area contributed by atoms with Crippen LogP contribution >= 0.6 is 0 Å². The van der Waals surface area contributed by atoms with Gasteiger partial charge in [0.05, 0.1) is 35.2 Å². The van der Waals surface area contributed by atoms with E-state index in [1.54, 1.807) is 34.9 Å².